The molecule has 24 heavy (non-hydrogen) atoms. The standard InChI is InChI=1S/C14H15FN4O5/c1-19(2)24-11(20)10-8(15)6-5-7-9(10)23-14-17-12(21-3)16-13(18-14)22-4/h5-7H,1-4H3. The number of carbonyl (C=O) groups excluding carboxylic acids is 1. The number of halogens is 1. The van der Waals surface area contributed by atoms with Gasteiger partial charge in [0.2, 0.25) is 0 Å². The Morgan fingerprint density at radius 2 is 1.62 bits per heavy atom. The van der Waals surface area contributed by atoms with Gasteiger partial charge in [0.25, 0.3) is 0 Å². The summed E-state index contributed by atoms with van der Waals surface area (Å²) in [6.45, 7) is 0. The van der Waals surface area contributed by atoms with Gasteiger partial charge in [0, 0.05) is 14.1 Å². The molecule has 9 nitrogen and oxygen atoms in total. The summed E-state index contributed by atoms with van der Waals surface area (Å²) in [4.78, 5) is 28.4. The molecule has 0 spiro atoms. The second-order valence-corrected chi connectivity index (χ2v) is 4.50. The number of hydroxylamine groups is 2. The Morgan fingerprint density at radius 1 is 1.04 bits per heavy atom. The van der Waals surface area contributed by atoms with Crippen LogP contribution in [0.25, 0.3) is 0 Å². The summed E-state index contributed by atoms with van der Waals surface area (Å²) in [5, 5.41) is 1.13. The van der Waals surface area contributed by atoms with Crippen molar-refractivity contribution in [1.82, 2.24) is 20.0 Å². The number of rotatable bonds is 6. The summed E-state index contributed by atoms with van der Waals surface area (Å²) in [5.41, 5.74) is -0.399. The highest BCUT2D eigenvalue weighted by molar-refractivity contribution is 5.92. The maximum atomic E-state index is 14.0. The van der Waals surface area contributed by atoms with Crippen molar-refractivity contribution in [2.75, 3.05) is 28.3 Å². The second-order valence-electron chi connectivity index (χ2n) is 4.50. The molecule has 0 unspecified atom stereocenters. The van der Waals surface area contributed by atoms with Crippen LogP contribution in [-0.4, -0.2) is 54.3 Å². The van der Waals surface area contributed by atoms with E-state index in [9.17, 15) is 9.18 Å². The molecule has 1 heterocycles. The summed E-state index contributed by atoms with van der Waals surface area (Å²) in [7, 11) is 5.67. The summed E-state index contributed by atoms with van der Waals surface area (Å²) < 4.78 is 29.2. The molecule has 0 N–H and O–H groups in total. The van der Waals surface area contributed by atoms with Crippen LogP contribution in [0.3, 0.4) is 0 Å². The number of hydrogen-bond acceptors (Lipinski definition) is 9. The molecule has 0 saturated carbocycles. The van der Waals surface area contributed by atoms with E-state index in [1.807, 2.05) is 0 Å². The van der Waals surface area contributed by atoms with E-state index < -0.39 is 17.3 Å². The number of carbonyl (C=O) groups is 1. The van der Waals surface area contributed by atoms with Crippen molar-refractivity contribution in [2.24, 2.45) is 0 Å². The number of hydrogen-bond donors (Lipinski definition) is 0. The topological polar surface area (TPSA) is 95.9 Å². The molecule has 0 saturated heterocycles. The Kier molecular flexibility index (Phi) is 5.42. The van der Waals surface area contributed by atoms with Gasteiger partial charge >= 0.3 is 24.0 Å². The van der Waals surface area contributed by atoms with E-state index in [2.05, 4.69) is 15.0 Å². The third kappa shape index (κ3) is 4.04. The van der Waals surface area contributed by atoms with Gasteiger partial charge < -0.3 is 19.0 Å². The van der Waals surface area contributed by atoms with Gasteiger partial charge in [-0.1, -0.05) is 6.07 Å². The summed E-state index contributed by atoms with van der Waals surface area (Å²) in [6, 6.07) is 3.48. The lowest BCUT2D eigenvalue weighted by atomic mass is 10.2. The molecular weight excluding hydrogens is 323 g/mol. The molecule has 0 fully saturated rings. The quantitative estimate of drug-likeness (QED) is 0.725. The largest absolute Gasteiger partial charge is 0.467 e. The van der Waals surface area contributed by atoms with Crippen LogP contribution < -0.4 is 14.2 Å². The zero-order chi connectivity index (χ0) is 17.7. The zero-order valence-electron chi connectivity index (χ0n) is 13.4. The minimum absolute atomic E-state index is 0.0642. The minimum atomic E-state index is -0.930. The Bertz CT molecular complexity index is 719. The number of ether oxygens (including phenoxy) is 3. The fourth-order valence-electron chi connectivity index (χ4n) is 1.65. The predicted molar refractivity (Wildman–Crippen MR) is 78.5 cm³/mol. The number of nitrogens with zero attached hydrogens (tertiary/aromatic N) is 4. The van der Waals surface area contributed by atoms with Crippen LogP contribution >= 0.6 is 0 Å². The molecule has 0 atom stereocenters. The molecular formula is C14H15FN4O5. The molecule has 0 amide bonds. The first-order valence-electron chi connectivity index (χ1n) is 6.64. The van der Waals surface area contributed by atoms with Crippen molar-refractivity contribution < 1.29 is 28.2 Å². The first kappa shape index (κ1) is 17.3. The van der Waals surface area contributed by atoms with E-state index in [1.165, 1.54) is 40.4 Å². The van der Waals surface area contributed by atoms with Crippen LogP contribution in [0, 0.1) is 5.82 Å². The minimum Gasteiger partial charge on any atom is -0.467 e. The third-order valence-corrected chi connectivity index (χ3v) is 2.59. The molecule has 0 bridgehead atoms. The van der Waals surface area contributed by atoms with Crippen molar-refractivity contribution in [3.8, 4) is 23.8 Å². The highest BCUT2D eigenvalue weighted by Crippen LogP contribution is 2.27. The third-order valence-electron chi connectivity index (χ3n) is 2.59. The van der Waals surface area contributed by atoms with Crippen LogP contribution in [0.4, 0.5) is 4.39 Å². The molecule has 128 valence electrons. The van der Waals surface area contributed by atoms with Crippen molar-refractivity contribution in [3.63, 3.8) is 0 Å². The Hall–Kier alpha value is -3.01. The monoisotopic (exact) mass is 338 g/mol. The Labute approximate surface area is 136 Å². The lowest BCUT2D eigenvalue weighted by molar-refractivity contribution is -0.0718. The first-order valence-corrected chi connectivity index (χ1v) is 6.64. The van der Waals surface area contributed by atoms with Gasteiger partial charge in [-0.3, -0.25) is 0 Å². The van der Waals surface area contributed by atoms with Gasteiger partial charge in [-0.15, -0.1) is 20.0 Å². The normalized spacial score (nSPS) is 10.4. The van der Waals surface area contributed by atoms with E-state index in [1.54, 1.807) is 0 Å². The highest BCUT2D eigenvalue weighted by atomic mass is 19.1. The number of aromatic nitrogens is 3. The fraction of sp³-hybridized carbons (Fsp3) is 0.286. The molecule has 1 aromatic carbocycles. The van der Waals surface area contributed by atoms with Crippen molar-refractivity contribution in [2.45, 2.75) is 0 Å². The zero-order valence-corrected chi connectivity index (χ0v) is 13.4. The van der Waals surface area contributed by atoms with E-state index in [4.69, 9.17) is 19.0 Å². The molecule has 0 radical (unpaired) electrons. The predicted octanol–water partition coefficient (Wildman–Crippen LogP) is 1.45. The van der Waals surface area contributed by atoms with Gasteiger partial charge in [-0.25, -0.2) is 9.18 Å². The van der Waals surface area contributed by atoms with E-state index in [0.717, 1.165) is 11.1 Å². The lowest BCUT2D eigenvalue weighted by Crippen LogP contribution is -2.20. The number of benzene rings is 1. The van der Waals surface area contributed by atoms with Gasteiger partial charge in [0.15, 0.2) is 0 Å². The Morgan fingerprint density at radius 3 is 2.17 bits per heavy atom. The molecule has 10 heteroatoms. The fourth-order valence-corrected chi connectivity index (χ4v) is 1.65. The lowest BCUT2D eigenvalue weighted by Gasteiger charge is -2.13. The average Bonchev–Trinajstić information content (AvgIpc) is 2.53. The summed E-state index contributed by atoms with van der Waals surface area (Å²) in [6.07, 6.45) is 0. The van der Waals surface area contributed by atoms with E-state index in [0.29, 0.717) is 0 Å². The van der Waals surface area contributed by atoms with Crippen LogP contribution in [-0.2, 0) is 4.84 Å². The SMILES string of the molecule is COc1nc(OC)nc(Oc2cccc(F)c2C(=O)ON(C)C)n1. The van der Waals surface area contributed by atoms with Gasteiger partial charge in [0.05, 0.1) is 14.2 Å². The molecule has 0 aliphatic carbocycles. The van der Waals surface area contributed by atoms with Crippen LogP contribution in [0.1, 0.15) is 10.4 Å². The first-order chi connectivity index (χ1) is 11.4. The maximum absolute atomic E-state index is 14.0. The van der Waals surface area contributed by atoms with Crippen LogP contribution in [0.5, 0.6) is 23.8 Å². The maximum Gasteiger partial charge on any atom is 0.363 e. The van der Waals surface area contributed by atoms with Gasteiger partial charge in [-0.2, -0.15) is 0 Å². The van der Waals surface area contributed by atoms with Crippen molar-refractivity contribution in [1.29, 1.82) is 0 Å². The summed E-state index contributed by atoms with van der Waals surface area (Å²) >= 11 is 0. The van der Waals surface area contributed by atoms with Gasteiger partial charge in [-0.05, 0) is 12.1 Å². The average molecular weight is 338 g/mol. The van der Waals surface area contributed by atoms with Crippen LogP contribution in [0.2, 0.25) is 0 Å². The van der Waals surface area contributed by atoms with Crippen LogP contribution in [0.15, 0.2) is 18.2 Å². The molecule has 2 aromatic rings. The molecule has 2 rings (SSSR count). The molecule has 0 aliphatic rings. The number of methoxy groups -OCH3 is 2. The molecule has 0 aliphatic heterocycles. The molecule has 1 aromatic heterocycles. The van der Waals surface area contributed by atoms with Crippen molar-refractivity contribution in [3.05, 3.63) is 29.6 Å². The highest BCUT2D eigenvalue weighted by Gasteiger charge is 2.22. The van der Waals surface area contributed by atoms with Gasteiger partial charge in [0.1, 0.15) is 17.1 Å². The second kappa shape index (κ2) is 7.51. The Balaban J connectivity index is 2.40. The smallest absolute Gasteiger partial charge is 0.363 e. The van der Waals surface area contributed by atoms with Crippen molar-refractivity contribution >= 4 is 5.97 Å². The van der Waals surface area contributed by atoms with E-state index in [-0.39, 0.29) is 23.8 Å². The van der Waals surface area contributed by atoms with E-state index >= 15 is 0 Å². The summed E-state index contributed by atoms with van der Waals surface area (Å²) in [5.74, 6) is -1.87.